The van der Waals surface area contributed by atoms with Crippen LogP contribution in [0.5, 0.6) is 0 Å². The molecule has 0 aromatic heterocycles. The Morgan fingerprint density at radius 2 is 1.93 bits per heavy atom. The fraction of sp³-hybridized carbons (Fsp3) is 0.409. The molecule has 2 aromatic rings. The molecular formula is C22H28BrN3O3S. The molecule has 1 amide bonds. The van der Waals surface area contributed by atoms with Crippen LogP contribution in [-0.2, 0) is 21.2 Å². The molecule has 6 nitrogen and oxygen atoms in total. The van der Waals surface area contributed by atoms with Crippen LogP contribution in [0, 0.1) is 0 Å². The van der Waals surface area contributed by atoms with Crippen molar-refractivity contribution in [3.63, 3.8) is 0 Å². The minimum Gasteiger partial charge on any atom is -0.372 e. The van der Waals surface area contributed by atoms with E-state index in [4.69, 9.17) is 0 Å². The number of fused-ring (bicyclic) bond motifs is 1. The Balaban J connectivity index is 1.67. The van der Waals surface area contributed by atoms with E-state index in [-0.39, 0.29) is 10.8 Å². The highest BCUT2D eigenvalue weighted by Gasteiger charge is 2.28. The van der Waals surface area contributed by atoms with E-state index < -0.39 is 10.0 Å². The first-order valence-electron chi connectivity index (χ1n) is 10.3. The van der Waals surface area contributed by atoms with Gasteiger partial charge in [-0.3, -0.25) is 4.79 Å². The summed E-state index contributed by atoms with van der Waals surface area (Å²) in [4.78, 5) is 16.3. The number of rotatable bonds is 9. The first kappa shape index (κ1) is 22.8. The summed E-state index contributed by atoms with van der Waals surface area (Å²) in [5.74, 6) is 0.00736. The van der Waals surface area contributed by atoms with E-state index in [1.54, 1.807) is 11.0 Å². The van der Waals surface area contributed by atoms with Crippen molar-refractivity contribution in [2.75, 3.05) is 36.0 Å². The lowest BCUT2D eigenvalue weighted by Gasteiger charge is -2.23. The van der Waals surface area contributed by atoms with Gasteiger partial charge in [0, 0.05) is 48.4 Å². The molecule has 0 bridgehead atoms. The van der Waals surface area contributed by atoms with Crippen molar-refractivity contribution >= 4 is 43.2 Å². The molecule has 0 fully saturated rings. The van der Waals surface area contributed by atoms with Crippen LogP contribution in [0.15, 0.2) is 51.8 Å². The molecule has 0 atom stereocenters. The lowest BCUT2D eigenvalue weighted by Crippen LogP contribution is -2.30. The minimum atomic E-state index is -3.69. The normalized spacial score (nSPS) is 13.4. The Bertz CT molecular complexity index is 996. The van der Waals surface area contributed by atoms with Crippen molar-refractivity contribution in [2.45, 2.75) is 38.0 Å². The van der Waals surface area contributed by atoms with Gasteiger partial charge in [-0.05, 0) is 65.5 Å². The number of halogens is 1. The number of carbonyl (C=O) groups is 1. The van der Waals surface area contributed by atoms with Crippen molar-refractivity contribution in [2.24, 2.45) is 0 Å². The van der Waals surface area contributed by atoms with Gasteiger partial charge in [0.25, 0.3) is 0 Å². The number of nitrogens with zero attached hydrogens (tertiary/aromatic N) is 2. The van der Waals surface area contributed by atoms with Crippen molar-refractivity contribution < 1.29 is 13.2 Å². The Labute approximate surface area is 187 Å². The number of carbonyl (C=O) groups excluding carboxylic acids is 1. The summed E-state index contributed by atoms with van der Waals surface area (Å²) in [6.07, 6.45) is 1.82. The van der Waals surface area contributed by atoms with Crippen LogP contribution in [-0.4, -0.2) is 40.5 Å². The summed E-state index contributed by atoms with van der Waals surface area (Å²) in [5.41, 5.74) is 2.82. The van der Waals surface area contributed by atoms with Crippen LogP contribution in [0.1, 0.15) is 32.3 Å². The SMILES string of the molecule is CCC(=O)N1CCc2cc(Br)c(S(=O)(=O)NCCCN(CC)c3ccccc3)cc21. The van der Waals surface area contributed by atoms with Crippen molar-refractivity contribution in [1.29, 1.82) is 0 Å². The Kier molecular flexibility index (Phi) is 7.55. The monoisotopic (exact) mass is 493 g/mol. The van der Waals surface area contributed by atoms with E-state index in [9.17, 15) is 13.2 Å². The molecule has 0 radical (unpaired) electrons. The largest absolute Gasteiger partial charge is 0.372 e. The second-order valence-electron chi connectivity index (χ2n) is 7.23. The van der Waals surface area contributed by atoms with Crippen LogP contribution >= 0.6 is 15.9 Å². The number of benzene rings is 2. The molecule has 1 aliphatic heterocycles. The molecule has 8 heteroatoms. The number of anilines is 2. The first-order valence-corrected chi connectivity index (χ1v) is 12.6. The third kappa shape index (κ3) is 5.04. The maximum absolute atomic E-state index is 12.9. The highest BCUT2D eigenvalue weighted by Crippen LogP contribution is 2.35. The maximum Gasteiger partial charge on any atom is 0.241 e. The van der Waals surface area contributed by atoms with Gasteiger partial charge in [-0.1, -0.05) is 25.1 Å². The molecule has 0 saturated carbocycles. The first-order chi connectivity index (χ1) is 14.4. The second kappa shape index (κ2) is 9.94. The zero-order chi connectivity index (χ0) is 21.7. The average molecular weight is 494 g/mol. The third-order valence-corrected chi connectivity index (χ3v) is 7.74. The van der Waals surface area contributed by atoms with Crippen molar-refractivity contribution in [1.82, 2.24) is 4.72 Å². The van der Waals surface area contributed by atoms with Gasteiger partial charge in [0.1, 0.15) is 0 Å². The number of hydrogen-bond donors (Lipinski definition) is 1. The van der Waals surface area contributed by atoms with Crippen LogP contribution in [0.4, 0.5) is 11.4 Å². The summed E-state index contributed by atoms with van der Waals surface area (Å²) in [6.45, 7) is 6.45. The van der Waals surface area contributed by atoms with E-state index in [1.165, 1.54) is 0 Å². The van der Waals surface area contributed by atoms with E-state index in [1.807, 2.05) is 31.2 Å². The second-order valence-corrected chi connectivity index (χ2v) is 9.82. The maximum atomic E-state index is 12.9. The van der Waals surface area contributed by atoms with Crippen molar-refractivity contribution in [3.05, 3.63) is 52.5 Å². The van der Waals surface area contributed by atoms with Gasteiger partial charge < -0.3 is 9.80 Å². The summed E-state index contributed by atoms with van der Waals surface area (Å²) in [5, 5.41) is 0. The predicted molar refractivity (Wildman–Crippen MR) is 125 cm³/mol. The smallest absolute Gasteiger partial charge is 0.241 e. The molecule has 1 aliphatic rings. The predicted octanol–water partition coefficient (Wildman–Crippen LogP) is 3.94. The van der Waals surface area contributed by atoms with Crippen molar-refractivity contribution in [3.8, 4) is 0 Å². The highest BCUT2D eigenvalue weighted by molar-refractivity contribution is 9.10. The summed E-state index contributed by atoms with van der Waals surface area (Å²) in [7, 11) is -3.69. The number of hydrogen-bond acceptors (Lipinski definition) is 4. The molecule has 162 valence electrons. The molecule has 0 aliphatic carbocycles. The van der Waals surface area contributed by atoms with Gasteiger partial charge in [-0.2, -0.15) is 0 Å². The number of amides is 1. The zero-order valence-corrected chi connectivity index (χ0v) is 19.8. The lowest BCUT2D eigenvalue weighted by molar-refractivity contribution is -0.118. The lowest BCUT2D eigenvalue weighted by atomic mass is 10.2. The van der Waals surface area contributed by atoms with E-state index in [0.717, 1.165) is 30.8 Å². The third-order valence-electron chi connectivity index (χ3n) is 5.32. The molecule has 2 aromatic carbocycles. The summed E-state index contributed by atoms with van der Waals surface area (Å²) in [6, 6.07) is 13.5. The molecule has 30 heavy (non-hydrogen) atoms. The van der Waals surface area contributed by atoms with Crippen LogP contribution in [0.25, 0.3) is 0 Å². The van der Waals surface area contributed by atoms with Gasteiger partial charge in [-0.15, -0.1) is 0 Å². The Morgan fingerprint density at radius 3 is 2.60 bits per heavy atom. The van der Waals surface area contributed by atoms with Gasteiger partial charge in [0.05, 0.1) is 4.90 Å². The van der Waals surface area contributed by atoms with Gasteiger partial charge in [-0.25, -0.2) is 13.1 Å². The molecule has 0 spiro atoms. The highest BCUT2D eigenvalue weighted by atomic mass is 79.9. The number of nitrogens with one attached hydrogen (secondary N) is 1. The Morgan fingerprint density at radius 1 is 1.20 bits per heavy atom. The van der Waals surface area contributed by atoms with Gasteiger partial charge in [0.2, 0.25) is 15.9 Å². The summed E-state index contributed by atoms with van der Waals surface area (Å²) >= 11 is 3.40. The Hall–Kier alpha value is -1.90. The van der Waals surface area contributed by atoms with Crippen LogP contribution in [0.2, 0.25) is 0 Å². The number of para-hydroxylation sites is 1. The molecular weight excluding hydrogens is 466 g/mol. The van der Waals surface area contributed by atoms with Gasteiger partial charge >= 0.3 is 0 Å². The van der Waals surface area contributed by atoms with Gasteiger partial charge in [0.15, 0.2) is 0 Å². The molecule has 0 saturated heterocycles. The van der Waals surface area contributed by atoms with Crippen LogP contribution in [0.3, 0.4) is 0 Å². The minimum absolute atomic E-state index is 0.00736. The van der Waals surface area contributed by atoms with E-state index in [0.29, 0.717) is 36.1 Å². The molecule has 0 unspecified atom stereocenters. The molecule has 1 heterocycles. The average Bonchev–Trinajstić information content (AvgIpc) is 3.16. The standard InChI is InChI=1S/C22H28BrN3O3S/c1-3-22(27)26-14-11-17-15-19(23)21(16-20(17)26)30(28,29)24-12-8-13-25(4-2)18-9-6-5-7-10-18/h5-7,9-10,15-16,24H,3-4,8,11-14H2,1-2H3. The molecule has 3 rings (SSSR count). The van der Waals surface area contributed by atoms with Crippen LogP contribution < -0.4 is 14.5 Å². The topological polar surface area (TPSA) is 69.7 Å². The fourth-order valence-corrected chi connectivity index (χ4v) is 5.89. The molecule has 1 N–H and O–H groups in total. The van der Waals surface area contributed by atoms with E-state index >= 15 is 0 Å². The fourth-order valence-electron chi connectivity index (χ4n) is 3.71. The van der Waals surface area contributed by atoms with E-state index in [2.05, 4.69) is 44.6 Å². The zero-order valence-electron chi connectivity index (χ0n) is 17.4. The quantitative estimate of drug-likeness (QED) is 0.537. The number of sulfonamides is 1. The summed E-state index contributed by atoms with van der Waals surface area (Å²) < 4.78 is 29.1.